The van der Waals surface area contributed by atoms with Crippen LogP contribution in [0.2, 0.25) is 0 Å². The number of nitrogens with zero attached hydrogens (tertiary/aromatic N) is 1. The van der Waals surface area contributed by atoms with Gasteiger partial charge in [-0.1, -0.05) is 0 Å². The van der Waals surface area contributed by atoms with E-state index in [4.69, 9.17) is 18.9 Å². The number of benzene rings is 2. The largest absolute Gasteiger partial charge is 0.497 e. The van der Waals surface area contributed by atoms with Gasteiger partial charge in [-0.25, -0.2) is 0 Å². The minimum absolute atomic E-state index is 0.00252. The number of hydrogen-bond acceptors (Lipinski definition) is 7. The second-order valence-electron chi connectivity index (χ2n) is 7.12. The number of hydrogen-bond donors (Lipinski definition) is 0. The number of carbonyl (C=O) groups is 3. The van der Waals surface area contributed by atoms with E-state index in [1.807, 2.05) is 0 Å². The number of amides is 1. The maximum Gasteiger partial charge on any atom is 0.312 e. The van der Waals surface area contributed by atoms with E-state index in [1.165, 1.54) is 33.2 Å². The molecule has 0 aliphatic carbocycles. The highest BCUT2D eigenvalue weighted by Crippen LogP contribution is 2.36. The van der Waals surface area contributed by atoms with Crippen molar-refractivity contribution in [2.75, 3.05) is 32.8 Å². The standard InChI is InChI=1S/C23H25NO7/c1-14(22(26)15-5-7-17(28-2)8-6-15)31-23(27)16-11-21(25)24(13-16)19-10-9-18(29-3)12-20(19)30-4/h5-10,12,14,16H,11,13H2,1-4H3/t14-,16-/m1/s1. The average Bonchev–Trinajstić information content (AvgIpc) is 3.19. The molecule has 3 rings (SSSR count). The molecule has 1 heterocycles. The first-order valence-electron chi connectivity index (χ1n) is 9.79. The number of anilines is 1. The van der Waals surface area contributed by atoms with E-state index < -0.39 is 18.0 Å². The van der Waals surface area contributed by atoms with Crippen LogP contribution in [0.4, 0.5) is 5.69 Å². The normalized spacial score (nSPS) is 16.6. The van der Waals surface area contributed by atoms with Gasteiger partial charge in [-0.2, -0.15) is 0 Å². The van der Waals surface area contributed by atoms with E-state index in [1.54, 1.807) is 42.5 Å². The third-order valence-corrected chi connectivity index (χ3v) is 5.17. The molecular weight excluding hydrogens is 402 g/mol. The van der Waals surface area contributed by atoms with E-state index in [9.17, 15) is 14.4 Å². The molecule has 0 spiro atoms. The second kappa shape index (κ2) is 9.51. The highest BCUT2D eigenvalue weighted by atomic mass is 16.5. The number of rotatable bonds is 8. The van der Waals surface area contributed by atoms with Crippen molar-refractivity contribution in [2.24, 2.45) is 5.92 Å². The summed E-state index contributed by atoms with van der Waals surface area (Å²) >= 11 is 0. The van der Waals surface area contributed by atoms with Crippen molar-refractivity contribution in [3.05, 3.63) is 48.0 Å². The van der Waals surface area contributed by atoms with Crippen LogP contribution in [0.15, 0.2) is 42.5 Å². The van der Waals surface area contributed by atoms with Gasteiger partial charge >= 0.3 is 5.97 Å². The average molecular weight is 427 g/mol. The van der Waals surface area contributed by atoms with Crippen molar-refractivity contribution < 1.29 is 33.3 Å². The Morgan fingerprint density at radius 2 is 1.61 bits per heavy atom. The van der Waals surface area contributed by atoms with Gasteiger partial charge in [-0.05, 0) is 43.3 Å². The van der Waals surface area contributed by atoms with E-state index in [0.717, 1.165) is 0 Å². The Kier molecular flexibility index (Phi) is 6.79. The molecule has 8 nitrogen and oxygen atoms in total. The minimum atomic E-state index is -0.972. The van der Waals surface area contributed by atoms with Gasteiger partial charge in [-0.15, -0.1) is 0 Å². The molecule has 8 heteroatoms. The lowest BCUT2D eigenvalue weighted by molar-refractivity contribution is -0.151. The summed E-state index contributed by atoms with van der Waals surface area (Å²) < 4.78 is 21.0. The van der Waals surface area contributed by atoms with Gasteiger partial charge in [0.2, 0.25) is 11.7 Å². The van der Waals surface area contributed by atoms with Crippen molar-refractivity contribution in [3.63, 3.8) is 0 Å². The summed E-state index contributed by atoms with van der Waals surface area (Å²) in [5.74, 6) is -0.129. The second-order valence-corrected chi connectivity index (χ2v) is 7.12. The van der Waals surface area contributed by atoms with Gasteiger partial charge in [0, 0.05) is 24.6 Å². The van der Waals surface area contributed by atoms with Crippen LogP contribution in [0.5, 0.6) is 17.2 Å². The molecule has 0 radical (unpaired) electrons. The Labute approximate surface area is 180 Å². The van der Waals surface area contributed by atoms with Crippen LogP contribution < -0.4 is 19.1 Å². The predicted octanol–water partition coefficient (Wildman–Crippen LogP) is 2.88. The Morgan fingerprint density at radius 1 is 0.968 bits per heavy atom. The molecule has 1 fully saturated rings. The summed E-state index contributed by atoms with van der Waals surface area (Å²) in [5.41, 5.74) is 0.958. The van der Waals surface area contributed by atoms with Gasteiger partial charge in [-0.3, -0.25) is 14.4 Å². The van der Waals surface area contributed by atoms with Crippen LogP contribution in [0.25, 0.3) is 0 Å². The summed E-state index contributed by atoms with van der Waals surface area (Å²) in [6, 6.07) is 11.6. The van der Waals surface area contributed by atoms with E-state index in [-0.39, 0.29) is 24.7 Å². The Hall–Kier alpha value is -3.55. The van der Waals surface area contributed by atoms with Crippen molar-refractivity contribution in [1.29, 1.82) is 0 Å². The zero-order chi connectivity index (χ0) is 22.5. The van der Waals surface area contributed by atoms with Crippen LogP contribution in [-0.2, 0) is 14.3 Å². The molecule has 164 valence electrons. The number of Topliss-reactive ketones (excluding diaryl/α,β-unsaturated/α-hetero) is 1. The van der Waals surface area contributed by atoms with Gasteiger partial charge in [0.05, 0.1) is 32.9 Å². The number of ether oxygens (including phenoxy) is 4. The number of esters is 1. The number of ketones is 1. The third-order valence-electron chi connectivity index (χ3n) is 5.17. The van der Waals surface area contributed by atoms with Crippen molar-refractivity contribution in [3.8, 4) is 17.2 Å². The predicted molar refractivity (Wildman–Crippen MR) is 113 cm³/mol. The zero-order valence-electron chi connectivity index (χ0n) is 17.9. The zero-order valence-corrected chi connectivity index (χ0v) is 17.9. The van der Waals surface area contributed by atoms with Crippen LogP contribution in [0.1, 0.15) is 23.7 Å². The van der Waals surface area contributed by atoms with E-state index in [0.29, 0.717) is 28.5 Å². The highest BCUT2D eigenvalue weighted by molar-refractivity contribution is 6.02. The van der Waals surface area contributed by atoms with Crippen molar-refractivity contribution in [1.82, 2.24) is 0 Å². The van der Waals surface area contributed by atoms with Crippen LogP contribution in [0.3, 0.4) is 0 Å². The van der Waals surface area contributed by atoms with Crippen LogP contribution >= 0.6 is 0 Å². The molecule has 0 bridgehead atoms. The maximum atomic E-state index is 12.6. The lowest BCUT2D eigenvalue weighted by Crippen LogP contribution is -2.30. The molecule has 2 aromatic carbocycles. The fraction of sp³-hybridized carbons (Fsp3) is 0.348. The van der Waals surface area contributed by atoms with Gasteiger partial charge < -0.3 is 23.8 Å². The van der Waals surface area contributed by atoms with Gasteiger partial charge in [0.25, 0.3) is 0 Å². The van der Waals surface area contributed by atoms with Gasteiger partial charge in [0.15, 0.2) is 6.10 Å². The topological polar surface area (TPSA) is 91.4 Å². The van der Waals surface area contributed by atoms with Crippen LogP contribution in [0, 0.1) is 5.92 Å². The maximum absolute atomic E-state index is 12.6. The van der Waals surface area contributed by atoms with Crippen molar-refractivity contribution >= 4 is 23.3 Å². The number of methoxy groups -OCH3 is 3. The molecule has 1 aliphatic rings. The molecule has 31 heavy (non-hydrogen) atoms. The number of carbonyl (C=O) groups excluding carboxylic acids is 3. The first-order valence-corrected chi connectivity index (χ1v) is 9.79. The lowest BCUT2D eigenvalue weighted by atomic mass is 10.1. The van der Waals surface area contributed by atoms with E-state index in [2.05, 4.69) is 0 Å². The molecule has 1 saturated heterocycles. The molecule has 2 aromatic rings. The fourth-order valence-electron chi connectivity index (χ4n) is 3.42. The molecule has 0 aromatic heterocycles. The van der Waals surface area contributed by atoms with Crippen molar-refractivity contribution in [2.45, 2.75) is 19.4 Å². The summed E-state index contributed by atoms with van der Waals surface area (Å²) in [6.07, 6.45) is -0.974. The SMILES string of the molecule is COc1ccc(C(=O)[C@@H](C)OC(=O)[C@@H]2CC(=O)N(c3ccc(OC)cc3OC)C2)cc1. The first kappa shape index (κ1) is 22.1. The Balaban J connectivity index is 1.66. The summed E-state index contributed by atoms with van der Waals surface area (Å²) in [4.78, 5) is 39.3. The van der Waals surface area contributed by atoms with E-state index >= 15 is 0 Å². The highest BCUT2D eigenvalue weighted by Gasteiger charge is 2.38. The minimum Gasteiger partial charge on any atom is -0.497 e. The summed E-state index contributed by atoms with van der Waals surface area (Å²) in [7, 11) is 4.57. The monoisotopic (exact) mass is 427 g/mol. The molecule has 1 amide bonds. The molecule has 0 N–H and O–H groups in total. The fourth-order valence-corrected chi connectivity index (χ4v) is 3.42. The van der Waals surface area contributed by atoms with Gasteiger partial charge in [0.1, 0.15) is 17.2 Å². The molecule has 2 atom stereocenters. The molecule has 0 unspecified atom stereocenters. The smallest absolute Gasteiger partial charge is 0.312 e. The molecule has 1 aliphatic heterocycles. The Morgan fingerprint density at radius 3 is 2.23 bits per heavy atom. The molecular formula is C23H25NO7. The molecule has 0 saturated carbocycles. The van der Waals surface area contributed by atoms with Crippen LogP contribution in [-0.4, -0.2) is 51.6 Å². The third kappa shape index (κ3) is 4.79. The lowest BCUT2D eigenvalue weighted by Gasteiger charge is -2.20. The summed E-state index contributed by atoms with van der Waals surface area (Å²) in [5, 5.41) is 0. The first-order chi connectivity index (χ1) is 14.9. The Bertz CT molecular complexity index is 970. The summed E-state index contributed by atoms with van der Waals surface area (Å²) in [6.45, 7) is 1.66. The quantitative estimate of drug-likeness (QED) is 0.473.